The number of aromatic nitrogens is 1. The summed E-state index contributed by atoms with van der Waals surface area (Å²) in [5.74, 6) is 0.453. The Labute approximate surface area is 99.6 Å². The predicted octanol–water partition coefficient (Wildman–Crippen LogP) is 1.76. The minimum absolute atomic E-state index is 0.0469. The van der Waals surface area contributed by atoms with Crippen molar-refractivity contribution in [3.8, 4) is 0 Å². The number of pyridine rings is 1. The smallest absolute Gasteiger partial charge is 0.306 e. The number of carbonyl (C=O) groups excluding carboxylic acids is 1. The fourth-order valence-corrected chi connectivity index (χ4v) is 2.22. The van der Waals surface area contributed by atoms with E-state index in [1.54, 1.807) is 6.20 Å². The van der Waals surface area contributed by atoms with E-state index in [0.717, 1.165) is 10.6 Å². The molecule has 1 aromatic rings. The lowest BCUT2D eigenvalue weighted by atomic mass is 10.2. The molecule has 4 nitrogen and oxygen atoms in total. The molecule has 0 fully saturated rings. The third kappa shape index (κ3) is 3.83. The maximum absolute atomic E-state index is 10.9. The second-order valence-electron chi connectivity index (χ2n) is 3.36. The molecule has 1 heterocycles. The van der Waals surface area contributed by atoms with E-state index in [1.807, 2.05) is 19.1 Å². The molecule has 5 heteroatoms. The van der Waals surface area contributed by atoms with Gasteiger partial charge in [0.25, 0.3) is 0 Å². The lowest BCUT2D eigenvalue weighted by Gasteiger charge is -2.10. The largest absolute Gasteiger partial charge is 0.469 e. The molecule has 1 rings (SSSR count). The predicted molar refractivity (Wildman–Crippen MR) is 64.2 cm³/mol. The minimum atomic E-state index is -0.203. The number of hydrogen-bond donors (Lipinski definition) is 1. The zero-order valence-electron chi connectivity index (χ0n) is 9.47. The molecule has 0 aliphatic heterocycles. The Morgan fingerprint density at radius 1 is 1.69 bits per heavy atom. The molecule has 0 saturated heterocycles. The monoisotopic (exact) mass is 240 g/mol. The molecule has 16 heavy (non-hydrogen) atoms. The van der Waals surface area contributed by atoms with Crippen LogP contribution >= 0.6 is 11.8 Å². The quantitative estimate of drug-likeness (QED) is 0.627. The van der Waals surface area contributed by atoms with Crippen molar-refractivity contribution in [3.63, 3.8) is 0 Å². The van der Waals surface area contributed by atoms with Gasteiger partial charge in [0.05, 0.1) is 13.5 Å². The van der Waals surface area contributed by atoms with E-state index < -0.39 is 0 Å². The van der Waals surface area contributed by atoms with Crippen LogP contribution in [0.2, 0.25) is 0 Å². The Kier molecular flexibility index (Phi) is 5.28. The van der Waals surface area contributed by atoms with Gasteiger partial charge >= 0.3 is 5.97 Å². The highest BCUT2D eigenvalue weighted by Gasteiger charge is 2.09. The van der Waals surface area contributed by atoms with Crippen molar-refractivity contribution in [2.75, 3.05) is 12.9 Å². The van der Waals surface area contributed by atoms with E-state index in [0.29, 0.717) is 12.2 Å². The van der Waals surface area contributed by atoms with Gasteiger partial charge < -0.3 is 10.5 Å². The molecule has 88 valence electrons. The Morgan fingerprint density at radius 2 is 2.44 bits per heavy atom. The number of carbonyl (C=O) groups is 1. The molecule has 0 bridgehead atoms. The molecular weight excluding hydrogens is 224 g/mol. The number of methoxy groups -OCH3 is 1. The van der Waals surface area contributed by atoms with Crippen LogP contribution in [0.25, 0.3) is 0 Å². The van der Waals surface area contributed by atoms with Gasteiger partial charge in [0.2, 0.25) is 0 Å². The molecule has 0 unspecified atom stereocenters. The second kappa shape index (κ2) is 6.50. The van der Waals surface area contributed by atoms with Crippen molar-refractivity contribution in [3.05, 3.63) is 23.9 Å². The SMILES string of the molecule is COC(=O)CCSc1ncccc1[C@@H](C)N. The fourth-order valence-electron chi connectivity index (χ4n) is 1.20. The van der Waals surface area contributed by atoms with Crippen molar-refractivity contribution in [1.29, 1.82) is 0 Å². The van der Waals surface area contributed by atoms with Crippen molar-refractivity contribution in [2.24, 2.45) is 5.73 Å². The van der Waals surface area contributed by atoms with Gasteiger partial charge in [-0.2, -0.15) is 0 Å². The van der Waals surface area contributed by atoms with E-state index in [4.69, 9.17) is 5.73 Å². The van der Waals surface area contributed by atoms with Gasteiger partial charge in [-0.1, -0.05) is 6.07 Å². The first-order valence-corrected chi connectivity index (χ1v) is 6.03. The molecule has 0 saturated carbocycles. The van der Waals surface area contributed by atoms with E-state index in [2.05, 4.69) is 9.72 Å². The zero-order chi connectivity index (χ0) is 12.0. The topological polar surface area (TPSA) is 65.2 Å². The van der Waals surface area contributed by atoms with Crippen LogP contribution < -0.4 is 5.73 Å². The summed E-state index contributed by atoms with van der Waals surface area (Å²) in [4.78, 5) is 15.2. The van der Waals surface area contributed by atoms with Crippen LogP contribution in [0.1, 0.15) is 24.9 Å². The average molecular weight is 240 g/mol. The third-order valence-electron chi connectivity index (χ3n) is 2.06. The van der Waals surface area contributed by atoms with Crippen LogP contribution in [0, 0.1) is 0 Å². The summed E-state index contributed by atoms with van der Waals surface area (Å²) >= 11 is 1.53. The Morgan fingerprint density at radius 3 is 3.06 bits per heavy atom. The molecule has 0 amide bonds. The van der Waals surface area contributed by atoms with E-state index in [1.165, 1.54) is 18.9 Å². The normalized spacial score (nSPS) is 12.2. The highest BCUT2D eigenvalue weighted by atomic mass is 32.2. The first kappa shape index (κ1) is 13.0. The van der Waals surface area contributed by atoms with Gasteiger partial charge in [-0.3, -0.25) is 4.79 Å². The lowest BCUT2D eigenvalue weighted by molar-refractivity contribution is -0.140. The molecular formula is C11H16N2O2S. The molecule has 1 atom stereocenters. The van der Waals surface area contributed by atoms with E-state index in [9.17, 15) is 4.79 Å². The Hall–Kier alpha value is -1.07. The van der Waals surface area contributed by atoms with Crippen molar-refractivity contribution in [2.45, 2.75) is 24.4 Å². The number of nitrogens with two attached hydrogens (primary N) is 1. The summed E-state index contributed by atoms with van der Waals surface area (Å²) in [6.07, 6.45) is 2.11. The van der Waals surface area contributed by atoms with Crippen molar-refractivity contribution in [1.82, 2.24) is 4.98 Å². The number of esters is 1. The van der Waals surface area contributed by atoms with Gasteiger partial charge in [0.1, 0.15) is 5.03 Å². The number of thioether (sulfide) groups is 1. The highest BCUT2D eigenvalue weighted by molar-refractivity contribution is 7.99. The fraction of sp³-hybridized carbons (Fsp3) is 0.455. The number of rotatable bonds is 5. The molecule has 2 N–H and O–H groups in total. The van der Waals surface area contributed by atoms with Crippen LogP contribution in [-0.2, 0) is 9.53 Å². The standard InChI is InChI=1S/C11H16N2O2S/c1-8(12)9-4-3-6-13-11(9)16-7-5-10(14)15-2/h3-4,6,8H,5,7,12H2,1-2H3/t8-/m1/s1. The maximum Gasteiger partial charge on any atom is 0.306 e. The third-order valence-corrected chi connectivity index (χ3v) is 3.09. The summed E-state index contributed by atoms with van der Waals surface area (Å²) in [7, 11) is 1.39. The lowest BCUT2D eigenvalue weighted by Crippen LogP contribution is -2.08. The second-order valence-corrected chi connectivity index (χ2v) is 4.44. The molecule has 0 aliphatic rings. The first-order chi connectivity index (χ1) is 7.65. The Balaban J connectivity index is 2.56. The summed E-state index contributed by atoms with van der Waals surface area (Å²) in [5, 5.41) is 0.890. The summed E-state index contributed by atoms with van der Waals surface area (Å²) in [6, 6.07) is 3.77. The molecule has 1 aromatic heterocycles. The minimum Gasteiger partial charge on any atom is -0.469 e. The highest BCUT2D eigenvalue weighted by Crippen LogP contribution is 2.24. The van der Waals surface area contributed by atoms with Gasteiger partial charge in [0, 0.05) is 23.6 Å². The zero-order valence-corrected chi connectivity index (χ0v) is 10.3. The molecule has 0 aliphatic carbocycles. The maximum atomic E-state index is 10.9. The van der Waals surface area contributed by atoms with Gasteiger partial charge in [-0.15, -0.1) is 11.8 Å². The summed E-state index contributed by atoms with van der Waals surface area (Å²) in [5.41, 5.74) is 6.84. The average Bonchev–Trinajstić information content (AvgIpc) is 2.29. The summed E-state index contributed by atoms with van der Waals surface area (Å²) < 4.78 is 4.57. The first-order valence-electron chi connectivity index (χ1n) is 5.05. The van der Waals surface area contributed by atoms with Crippen LogP contribution in [-0.4, -0.2) is 23.8 Å². The number of nitrogens with zero attached hydrogens (tertiary/aromatic N) is 1. The van der Waals surface area contributed by atoms with Crippen LogP contribution in [0.4, 0.5) is 0 Å². The Bertz CT molecular complexity index is 356. The van der Waals surface area contributed by atoms with E-state index in [-0.39, 0.29) is 12.0 Å². The van der Waals surface area contributed by atoms with E-state index >= 15 is 0 Å². The molecule has 0 radical (unpaired) electrons. The molecule has 0 aromatic carbocycles. The van der Waals surface area contributed by atoms with Crippen molar-refractivity contribution >= 4 is 17.7 Å². The van der Waals surface area contributed by atoms with Crippen LogP contribution in [0.5, 0.6) is 0 Å². The summed E-state index contributed by atoms with van der Waals surface area (Å²) in [6.45, 7) is 1.92. The number of ether oxygens (including phenoxy) is 1. The van der Waals surface area contributed by atoms with Gasteiger partial charge in [0.15, 0.2) is 0 Å². The van der Waals surface area contributed by atoms with Crippen molar-refractivity contribution < 1.29 is 9.53 Å². The number of hydrogen-bond acceptors (Lipinski definition) is 5. The van der Waals surface area contributed by atoms with Gasteiger partial charge in [-0.05, 0) is 13.0 Å². The van der Waals surface area contributed by atoms with Crippen LogP contribution in [0.3, 0.4) is 0 Å². The van der Waals surface area contributed by atoms with Crippen LogP contribution in [0.15, 0.2) is 23.4 Å². The van der Waals surface area contributed by atoms with Gasteiger partial charge in [-0.25, -0.2) is 4.98 Å². The molecule has 0 spiro atoms.